The van der Waals surface area contributed by atoms with E-state index in [9.17, 15) is 14.0 Å². The molecular formula is C25H30FN7O2. The highest BCUT2D eigenvalue weighted by atomic mass is 19.1. The fourth-order valence-electron chi connectivity index (χ4n) is 4.38. The number of hydrogen-bond donors (Lipinski definition) is 2. The maximum absolute atomic E-state index is 13.1. The standard InChI is InChI=1S/C25H30FN7O2/c1-3-17-11-20(24-29-30-31-32(24)2)13-22(12-17)28-25(35)27-14-18-5-4-10-33(15-18)16-23(34)19-6-8-21(26)9-7-19/h6-9,11-13,18H,3-5,10,14-16H2,1-2H3,(H2,27,28,35). The van der Waals surface area contributed by atoms with Gasteiger partial charge in [-0.1, -0.05) is 6.92 Å². The molecule has 35 heavy (non-hydrogen) atoms. The molecule has 2 heterocycles. The molecule has 10 heteroatoms. The van der Waals surface area contributed by atoms with E-state index in [-0.39, 0.29) is 30.1 Å². The highest BCUT2D eigenvalue weighted by Crippen LogP contribution is 2.23. The molecule has 1 unspecified atom stereocenters. The number of anilines is 1. The van der Waals surface area contributed by atoms with Crippen LogP contribution in [0, 0.1) is 11.7 Å². The summed E-state index contributed by atoms with van der Waals surface area (Å²) in [6.07, 6.45) is 2.75. The second kappa shape index (κ2) is 11.2. The van der Waals surface area contributed by atoms with E-state index in [0.29, 0.717) is 23.6 Å². The highest BCUT2D eigenvalue weighted by Gasteiger charge is 2.22. The summed E-state index contributed by atoms with van der Waals surface area (Å²) in [5, 5.41) is 17.5. The van der Waals surface area contributed by atoms with Crippen molar-refractivity contribution in [1.29, 1.82) is 0 Å². The zero-order valence-corrected chi connectivity index (χ0v) is 20.0. The minimum Gasteiger partial charge on any atom is -0.338 e. The highest BCUT2D eigenvalue weighted by molar-refractivity contribution is 5.97. The van der Waals surface area contributed by atoms with Crippen molar-refractivity contribution >= 4 is 17.5 Å². The maximum Gasteiger partial charge on any atom is 0.319 e. The molecule has 2 aromatic carbocycles. The number of likely N-dealkylation sites (tertiary alicyclic amines) is 1. The summed E-state index contributed by atoms with van der Waals surface area (Å²) in [5.41, 5.74) is 3.09. The van der Waals surface area contributed by atoms with Gasteiger partial charge in [0.15, 0.2) is 11.6 Å². The first-order valence-electron chi connectivity index (χ1n) is 11.8. The molecule has 3 aromatic rings. The van der Waals surface area contributed by atoms with E-state index in [4.69, 9.17) is 0 Å². The van der Waals surface area contributed by atoms with Crippen molar-refractivity contribution in [3.8, 4) is 11.4 Å². The van der Waals surface area contributed by atoms with Crippen LogP contribution in [-0.4, -0.2) is 63.1 Å². The number of Topliss-reactive ketones (excluding diaryl/α,β-unsaturated/α-hetero) is 1. The Balaban J connectivity index is 1.30. The van der Waals surface area contributed by atoms with Gasteiger partial charge in [0.25, 0.3) is 0 Å². The predicted molar refractivity (Wildman–Crippen MR) is 131 cm³/mol. The van der Waals surface area contributed by atoms with Gasteiger partial charge >= 0.3 is 6.03 Å². The van der Waals surface area contributed by atoms with Crippen LogP contribution in [0.15, 0.2) is 42.5 Å². The Morgan fingerprint density at radius 3 is 2.69 bits per heavy atom. The molecule has 1 atom stereocenters. The van der Waals surface area contributed by atoms with Crippen LogP contribution in [-0.2, 0) is 13.5 Å². The van der Waals surface area contributed by atoms with Crippen LogP contribution in [0.3, 0.4) is 0 Å². The summed E-state index contributed by atoms with van der Waals surface area (Å²) in [6, 6.07) is 11.2. The summed E-state index contributed by atoms with van der Waals surface area (Å²) in [4.78, 5) is 27.3. The summed E-state index contributed by atoms with van der Waals surface area (Å²) >= 11 is 0. The number of nitrogens with zero attached hydrogens (tertiary/aromatic N) is 5. The van der Waals surface area contributed by atoms with Crippen LogP contribution >= 0.6 is 0 Å². The minimum atomic E-state index is -0.354. The summed E-state index contributed by atoms with van der Waals surface area (Å²) < 4.78 is 14.7. The number of nitrogens with one attached hydrogen (secondary N) is 2. The van der Waals surface area contributed by atoms with Gasteiger partial charge in [-0.3, -0.25) is 9.69 Å². The van der Waals surface area contributed by atoms with E-state index in [1.165, 1.54) is 24.3 Å². The molecular weight excluding hydrogens is 449 g/mol. The molecule has 4 rings (SSSR count). The largest absolute Gasteiger partial charge is 0.338 e. The summed E-state index contributed by atoms with van der Waals surface area (Å²) in [7, 11) is 1.77. The Labute approximate surface area is 203 Å². The van der Waals surface area contributed by atoms with Gasteiger partial charge < -0.3 is 10.6 Å². The van der Waals surface area contributed by atoms with Crippen LogP contribution < -0.4 is 10.6 Å². The fraction of sp³-hybridized carbons (Fsp3) is 0.400. The van der Waals surface area contributed by atoms with Gasteiger partial charge in [0.1, 0.15) is 5.82 Å². The van der Waals surface area contributed by atoms with Crippen LogP contribution in [0.1, 0.15) is 35.7 Å². The van der Waals surface area contributed by atoms with Gasteiger partial charge in [0, 0.05) is 37.0 Å². The van der Waals surface area contributed by atoms with Gasteiger partial charge in [0.05, 0.1) is 6.54 Å². The lowest BCUT2D eigenvalue weighted by Gasteiger charge is -2.32. The molecule has 0 bridgehead atoms. The number of rotatable bonds is 8. The molecule has 184 valence electrons. The van der Waals surface area contributed by atoms with Crippen molar-refractivity contribution < 1.29 is 14.0 Å². The van der Waals surface area contributed by atoms with Crippen LogP contribution in [0.4, 0.5) is 14.9 Å². The number of hydrogen-bond acceptors (Lipinski definition) is 6. The van der Waals surface area contributed by atoms with Crippen LogP contribution in [0.2, 0.25) is 0 Å². The second-order valence-corrected chi connectivity index (χ2v) is 8.91. The van der Waals surface area contributed by atoms with Crippen molar-refractivity contribution in [2.24, 2.45) is 13.0 Å². The van der Waals surface area contributed by atoms with Crippen molar-refractivity contribution in [2.45, 2.75) is 26.2 Å². The zero-order valence-electron chi connectivity index (χ0n) is 20.0. The smallest absolute Gasteiger partial charge is 0.319 e. The van der Waals surface area contributed by atoms with E-state index >= 15 is 0 Å². The fourth-order valence-corrected chi connectivity index (χ4v) is 4.38. The third kappa shape index (κ3) is 6.48. The molecule has 1 aromatic heterocycles. The molecule has 1 saturated heterocycles. The van der Waals surface area contributed by atoms with Crippen LogP contribution in [0.5, 0.6) is 0 Å². The quantitative estimate of drug-likeness (QED) is 0.481. The third-order valence-corrected chi connectivity index (χ3v) is 6.23. The van der Waals surface area contributed by atoms with Crippen molar-refractivity contribution in [2.75, 3.05) is 31.5 Å². The molecule has 0 aliphatic carbocycles. The molecule has 1 fully saturated rings. The molecule has 0 saturated carbocycles. The minimum absolute atomic E-state index is 0.0268. The van der Waals surface area contributed by atoms with Crippen molar-refractivity contribution in [3.05, 3.63) is 59.4 Å². The number of aryl methyl sites for hydroxylation is 2. The van der Waals surface area contributed by atoms with Gasteiger partial charge in [-0.25, -0.2) is 13.9 Å². The van der Waals surface area contributed by atoms with Crippen molar-refractivity contribution in [3.63, 3.8) is 0 Å². The number of piperidine rings is 1. The van der Waals surface area contributed by atoms with Crippen LogP contribution in [0.25, 0.3) is 11.4 Å². The molecule has 2 N–H and O–H groups in total. The van der Waals surface area contributed by atoms with Gasteiger partial charge in [0.2, 0.25) is 0 Å². The molecule has 1 aliphatic rings. The van der Waals surface area contributed by atoms with Gasteiger partial charge in [-0.15, -0.1) is 5.10 Å². The molecule has 1 aliphatic heterocycles. The number of amides is 2. The average Bonchev–Trinajstić information content (AvgIpc) is 3.29. The Morgan fingerprint density at radius 2 is 1.97 bits per heavy atom. The molecule has 9 nitrogen and oxygen atoms in total. The number of carbonyl (C=O) groups is 2. The SMILES string of the molecule is CCc1cc(NC(=O)NCC2CCCN(CC(=O)c3ccc(F)cc3)C2)cc(-c2nnnn2C)c1. The monoisotopic (exact) mass is 479 g/mol. The Morgan fingerprint density at radius 1 is 1.17 bits per heavy atom. The Kier molecular flexibility index (Phi) is 7.81. The van der Waals surface area contributed by atoms with Crippen molar-refractivity contribution in [1.82, 2.24) is 30.4 Å². The van der Waals surface area contributed by atoms with E-state index in [2.05, 4.69) is 31.1 Å². The first kappa shape index (κ1) is 24.5. The number of aromatic nitrogens is 4. The first-order chi connectivity index (χ1) is 16.9. The van der Waals surface area contributed by atoms with Gasteiger partial charge in [-0.05, 0) is 90.2 Å². The molecule has 2 amide bonds. The van der Waals surface area contributed by atoms with Gasteiger partial charge in [-0.2, -0.15) is 0 Å². The number of tetrazole rings is 1. The number of benzene rings is 2. The molecule has 0 radical (unpaired) electrons. The lowest BCUT2D eigenvalue weighted by Crippen LogP contribution is -2.43. The maximum atomic E-state index is 13.1. The lowest BCUT2D eigenvalue weighted by atomic mass is 9.97. The lowest BCUT2D eigenvalue weighted by molar-refractivity contribution is 0.0886. The average molecular weight is 480 g/mol. The number of urea groups is 1. The van der Waals surface area contributed by atoms with E-state index in [1.807, 2.05) is 25.1 Å². The Hall–Kier alpha value is -3.66. The summed E-state index contributed by atoms with van der Waals surface area (Å²) in [5.74, 6) is 0.493. The molecule has 0 spiro atoms. The topological polar surface area (TPSA) is 105 Å². The summed E-state index contributed by atoms with van der Waals surface area (Å²) in [6.45, 7) is 4.41. The van der Waals surface area contributed by atoms with E-state index in [1.54, 1.807) is 11.7 Å². The van der Waals surface area contributed by atoms with E-state index < -0.39 is 0 Å². The van der Waals surface area contributed by atoms with E-state index in [0.717, 1.165) is 43.5 Å². The third-order valence-electron chi connectivity index (χ3n) is 6.23. The number of halogens is 1. The Bertz CT molecular complexity index is 1180. The predicted octanol–water partition coefficient (Wildman–Crippen LogP) is 3.30. The normalized spacial score (nSPS) is 16.1. The second-order valence-electron chi connectivity index (χ2n) is 8.91. The number of ketones is 1. The number of carbonyl (C=O) groups excluding carboxylic acids is 2. The first-order valence-corrected chi connectivity index (χ1v) is 11.8. The zero-order chi connectivity index (χ0) is 24.8.